The molecule has 2 heterocycles. The Balaban J connectivity index is 1.38. The summed E-state index contributed by atoms with van der Waals surface area (Å²) in [5.74, 6) is -0.844. The predicted octanol–water partition coefficient (Wildman–Crippen LogP) is 1.78. The molecule has 3 aliphatic rings. The number of urea groups is 1. The quantitative estimate of drug-likeness (QED) is 0.693. The van der Waals surface area contributed by atoms with E-state index in [1.54, 1.807) is 11.8 Å². The van der Waals surface area contributed by atoms with Crippen LogP contribution in [0.5, 0.6) is 0 Å². The fourth-order valence-electron chi connectivity index (χ4n) is 4.81. The van der Waals surface area contributed by atoms with Crippen molar-refractivity contribution < 1.29 is 22.8 Å². The first-order chi connectivity index (χ1) is 15.2. The molecular formula is C23H25N3O5S. The van der Waals surface area contributed by atoms with E-state index in [1.165, 1.54) is 0 Å². The number of nitrogens with zero attached hydrogens (tertiary/aromatic N) is 2. The molecule has 3 fully saturated rings. The molecule has 5 rings (SSSR count). The van der Waals surface area contributed by atoms with Gasteiger partial charge in [0.15, 0.2) is 9.84 Å². The second-order valence-electron chi connectivity index (χ2n) is 9.10. The van der Waals surface area contributed by atoms with E-state index in [-0.39, 0.29) is 36.0 Å². The first kappa shape index (κ1) is 20.9. The molecule has 0 bridgehead atoms. The molecule has 2 aromatic carbocycles. The van der Waals surface area contributed by atoms with E-state index < -0.39 is 27.3 Å². The van der Waals surface area contributed by atoms with E-state index >= 15 is 0 Å². The minimum absolute atomic E-state index is 0.00608. The number of hydrogen-bond donors (Lipinski definition) is 1. The van der Waals surface area contributed by atoms with E-state index in [4.69, 9.17) is 0 Å². The molecule has 0 aromatic heterocycles. The normalized spacial score (nSPS) is 27.0. The van der Waals surface area contributed by atoms with Gasteiger partial charge in [0.2, 0.25) is 5.91 Å². The highest BCUT2D eigenvalue weighted by molar-refractivity contribution is 7.91. The summed E-state index contributed by atoms with van der Waals surface area (Å²) < 4.78 is 23.9. The molecular weight excluding hydrogens is 430 g/mol. The van der Waals surface area contributed by atoms with Crippen molar-refractivity contribution in [2.45, 2.75) is 43.8 Å². The van der Waals surface area contributed by atoms with E-state index in [2.05, 4.69) is 5.32 Å². The van der Waals surface area contributed by atoms with Gasteiger partial charge in [-0.2, -0.15) is 0 Å². The Labute approximate surface area is 186 Å². The van der Waals surface area contributed by atoms with Crippen molar-refractivity contribution in [1.82, 2.24) is 15.1 Å². The molecule has 2 aromatic rings. The standard InChI is InChI=1S/C23H25N3O5S/c1-23(17-7-6-15-4-2-3-5-16(15)12-17)21(28)25(22(29)24-23)13-20(27)26(18-8-9-18)19-10-11-32(30,31)14-19/h2-7,12,18-19H,8-11,13-14H2,1H3,(H,24,29). The molecule has 8 nitrogen and oxygen atoms in total. The van der Waals surface area contributed by atoms with Crippen LogP contribution in [0.1, 0.15) is 31.7 Å². The Kier molecular flexibility index (Phi) is 4.77. The fraction of sp³-hybridized carbons (Fsp3) is 0.435. The smallest absolute Gasteiger partial charge is 0.325 e. The largest absolute Gasteiger partial charge is 0.334 e. The van der Waals surface area contributed by atoms with Crippen LogP contribution in [-0.4, -0.2) is 66.2 Å². The van der Waals surface area contributed by atoms with E-state index in [0.717, 1.165) is 28.5 Å². The first-order valence-electron chi connectivity index (χ1n) is 10.8. The number of imide groups is 1. The van der Waals surface area contributed by atoms with E-state index in [0.29, 0.717) is 12.0 Å². The second-order valence-corrected chi connectivity index (χ2v) is 11.3. The predicted molar refractivity (Wildman–Crippen MR) is 118 cm³/mol. The Morgan fingerprint density at radius 3 is 2.47 bits per heavy atom. The SMILES string of the molecule is CC1(c2ccc3ccccc3c2)NC(=O)N(CC(=O)N(C2CC2)C2CCS(=O)(=O)C2)C1=O. The van der Waals surface area contributed by atoms with Crippen molar-refractivity contribution in [3.8, 4) is 0 Å². The van der Waals surface area contributed by atoms with Gasteiger partial charge in [0.25, 0.3) is 5.91 Å². The average molecular weight is 456 g/mol. The lowest BCUT2D eigenvalue weighted by molar-refractivity contribution is -0.140. The minimum Gasteiger partial charge on any atom is -0.334 e. The summed E-state index contributed by atoms with van der Waals surface area (Å²) in [5, 5.41) is 4.73. The van der Waals surface area contributed by atoms with Crippen molar-refractivity contribution in [3.05, 3.63) is 48.0 Å². The van der Waals surface area contributed by atoms with Gasteiger partial charge >= 0.3 is 6.03 Å². The van der Waals surface area contributed by atoms with Crippen molar-refractivity contribution in [1.29, 1.82) is 0 Å². The van der Waals surface area contributed by atoms with Gasteiger partial charge in [-0.1, -0.05) is 36.4 Å². The summed E-state index contributed by atoms with van der Waals surface area (Å²) in [6, 6.07) is 12.3. The van der Waals surface area contributed by atoms with Crippen molar-refractivity contribution in [3.63, 3.8) is 0 Å². The molecule has 32 heavy (non-hydrogen) atoms. The van der Waals surface area contributed by atoms with Gasteiger partial charge in [0, 0.05) is 12.1 Å². The number of fused-ring (bicyclic) bond motifs is 1. The Morgan fingerprint density at radius 1 is 1.09 bits per heavy atom. The van der Waals surface area contributed by atoms with Gasteiger partial charge < -0.3 is 10.2 Å². The summed E-state index contributed by atoms with van der Waals surface area (Å²) in [4.78, 5) is 41.8. The van der Waals surface area contributed by atoms with Gasteiger partial charge in [-0.05, 0) is 48.6 Å². The molecule has 2 atom stereocenters. The highest BCUT2D eigenvalue weighted by atomic mass is 32.2. The molecule has 1 N–H and O–H groups in total. The third-order valence-corrected chi connectivity index (χ3v) is 8.48. The van der Waals surface area contributed by atoms with Crippen LogP contribution in [0.2, 0.25) is 0 Å². The van der Waals surface area contributed by atoms with E-state index in [9.17, 15) is 22.8 Å². The molecule has 2 aliphatic heterocycles. The molecule has 2 unspecified atom stereocenters. The summed E-state index contributed by atoms with van der Waals surface area (Å²) in [6.45, 7) is 1.25. The Morgan fingerprint density at radius 2 is 1.81 bits per heavy atom. The highest BCUT2D eigenvalue weighted by Crippen LogP contribution is 2.34. The molecule has 1 saturated carbocycles. The van der Waals surface area contributed by atoms with Crippen LogP contribution in [-0.2, 0) is 25.0 Å². The average Bonchev–Trinajstić information content (AvgIpc) is 3.48. The maximum Gasteiger partial charge on any atom is 0.325 e. The number of nitrogens with one attached hydrogen (secondary N) is 1. The van der Waals surface area contributed by atoms with Gasteiger partial charge in [0.1, 0.15) is 12.1 Å². The van der Waals surface area contributed by atoms with Crippen LogP contribution in [0.3, 0.4) is 0 Å². The third kappa shape index (κ3) is 3.54. The lowest BCUT2D eigenvalue weighted by atomic mass is 9.90. The zero-order chi connectivity index (χ0) is 22.7. The monoisotopic (exact) mass is 455 g/mol. The molecule has 2 saturated heterocycles. The maximum absolute atomic E-state index is 13.3. The zero-order valence-corrected chi connectivity index (χ0v) is 18.6. The molecule has 9 heteroatoms. The molecule has 1 aliphatic carbocycles. The number of rotatable bonds is 5. The maximum atomic E-state index is 13.3. The van der Waals surface area contributed by atoms with Crippen molar-refractivity contribution >= 4 is 38.5 Å². The van der Waals surface area contributed by atoms with Crippen LogP contribution in [0, 0.1) is 0 Å². The fourth-order valence-corrected chi connectivity index (χ4v) is 6.52. The highest BCUT2D eigenvalue weighted by Gasteiger charge is 2.51. The van der Waals surface area contributed by atoms with Crippen LogP contribution < -0.4 is 5.32 Å². The van der Waals surface area contributed by atoms with Gasteiger partial charge in [-0.3, -0.25) is 14.5 Å². The summed E-state index contributed by atoms with van der Waals surface area (Å²) in [5.41, 5.74) is -0.631. The lowest BCUT2D eigenvalue weighted by Gasteiger charge is -2.30. The Bertz CT molecular complexity index is 1240. The molecule has 168 valence electrons. The van der Waals surface area contributed by atoms with Gasteiger partial charge in [0.05, 0.1) is 11.5 Å². The lowest BCUT2D eigenvalue weighted by Crippen LogP contribution is -2.49. The zero-order valence-electron chi connectivity index (χ0n) is 17.8. The first-order valence-corrected chi connectivity index (χ1v) is 12.6. The molecule has 0 radical (unpaired) electrons. The summed E-state index contributed by atoms with van der Waals surface area (Å²) in [6.07, 6.45) is 2.04. The minimum atomic E-state index is -3.15. The topological polar surface area (TPSA) is 104 Å². The number of carbonyl (C=O) groups excluding carboxylic acids is 3. The van der Waals surface area contributed by atoms with Crippen LogP contribution in [0.25, 0.3) is 10.8 Å². The summed E-state index contributed by atoms with van der Waals surface area (Å²) in [7, 11) is -3.15. The van der Waals surface area contributed by atoms with Crippen LogP contribution in [0.15, 0.2) is 42.5 Å². The summed E-state index contributed by atoms with van der Waals surface area (Å²) >= 11 is 0. The number of amides is 4. The van der Waals surface area contributed by atoms with Gasteiger partial charge in [-0.25, -0.2) is 13.2 Å². The van der Waals surface area contributed by atoms with Crippen molar-refractivity contribution in [2.75, 3.05) is 18.1 Å². The Hall–Kier alpha value is -2.94. The third-order valence-electron chi connectivity index (χ3n) is 6.73. The number of carbonyl (C=O) groups is 3. The molecule has 0 spiro atoms. The van der Waals surface area contributed by atoms with Crippen LogP contribution in [0.4, 0.5) is 4.79 Å². The van der Waals surface area contributed by atoms with Crippen molar-refractivity contribution in [2.24, 2.45) is 0 Å². The molecule has 4 amide bonds. The van der Waals surface area contributed by atoms with E-state index in [1.807, 2.05) is 42.5 Å². The number of sulfone groups is 1. The second kappa shape index (κ2) is 7.30. The van der Waals surface area contributed by atoms with Crippen LogP contribution >= 0.6 is 0 Å². The van der Waals surface area contributed by atoms with Gasteiger partial charge in [-0.15, -0.1) is 0 Å². The number of benzene rings is 2. The number of hydrogen-bond acceptors (Lipinski definition) is 5.